The number of carbonyl (C=O) groups excluding carboxylic acids is 1. The van der Waals surface area contributed by atoms with Crippen LogP contribution in [0.2, 0.25) is 0 Å². The van der Waals surface area contributed by atoms with Crippen molar-refractivity contribution in [2.75, 3.05) is 31.1 Å². The molecule has 0 saturated carbocycles. The summed E-state index contributed by atoms with van der Waals surface area (Å²) in [5.41, 5.74) is 0. The molecule has 1 aliphatic rings. The van der Waals surface area contributed by atoms with Gasteiger partial charge in [0, 0.05) is 32.2 Å². The van der Waals surface area contributed by atoms with Gasteiger partial charge >= 0.3 is 6.03 Å². The van der Waals surface area contributed by atoms with E-state index in [1.807, 2.05) is 11.8 Å². The average molecular weight is 278 g/mol. The van der Waals surface area contributed by atoms with Crippen LogP contribution in [0, 0.1) is 5.95 Å². The minimum absolute atomic E-state index is 0.0903. The summed E-state index contributed by atoms with van der Waals surface area (Å²) in [6.45, 7) is 7.84. The van der Waals surface area contributed by atoms with E-state index >= 15 is 0 Å². The molecule has 1 aromatic heterocycles. The quantitative estimate of drug-likeness (QED) is 0.675. The average Bonchev–Trinajstić information content (AvgIpc) is 2.44. The Kier molecular flexibility index (Phi) is 4.55. The third kappa shape index (κ3) is 3.26. The largest absolute Gasteiger partial charge is 0.350 e. The Balaban J connectivity index is 1.99. The number of urea groups is 1. The van der Waals surface area contributed by atoms with Gasteiger partial charge in [-0.25, -0.2) is 9.78 Å². The molecule has 2 heterocycles. The number of aromatic nitrogens is 1. The number of halogens is 1. The minimum Gasteiger partial charge on any atom is -0.350 e. The van der Waals surface area contributed by atoms with Crippen molar-refractivity contribution >= 4 is 11.8 Å². The monoisotopic (exact) mass is 278 g/mol. The lowest BCUT2D eigenvalue weighted by Crippen LogP contribution is -2.56. The first-order valence-corrected chi connectivity index (χ1v) is 6.64. The minimum atomic E-state index is -0.485. The smallest absolute Gasteiger partial charge is 0.317 e. The maximum absolute atomic E-state index is 13.2. The van der Waals surface area contributed by atoms with E-state index in [9.17, 15) is 9.18 Å². The van der Waals surface area contributed by atoms with Crippen molar-refractivity contribution in [2.24, 2.45) is 0 Å². The summed E-state index contributed by atoms with van der Waals surface area (Å²) in [6.07, 6.45) is 1.65. The summed E-state index contributed by atoms with van der Waals surface area (Å²) in [6, 6.07) is 4.75. The van der Waals surface area contributed by atoms with Gasteiger partial charge in [0.25, 0.3) is 0 Å². The molecule has 0 radical (unpaired) electrons. The lowest BCUT2D eigenvalue weighted by molar-refractivity contribution is 0.187. The van der Waals surface area contributed by atoms with Crippen LogP contribution in [0.1, 0.15) is 6.92 Å². The Hall–Kier alpha value is -2.11. The van der Waals surface area contributed by atoms with E-state index in [1.54, 1.807) is 23.1 Å². The number of pyridine rings is 1. The predicted octanol–water partition coefficient (Wildman–Crippen LogP) is 1.63. The molecule has 2 amide bonds. The number of hydrogen-bond acceptors (Lipinski definition) is 3. The van der Waals surface area contributed by atoms with Crippen LogP contribution in [0.5, 0.6) is 0 Å². The van der Waals surface area contributed by atoms with Gasteiger partial charge in [0.15, 0.2) is 0 Å². The fourth-order valence-electron chi connectivity index (χ4n) is 2.31. The van der Waals surface area contributed by atoms with Crippen molar-refractivity contribution in [3.05, 3.63) is 36.8 Å². The first kappa shape index (κ1) is 14.3. The van der Waals surface area contributed by atoms with E-state index in [1.165, 1.54) is 6.07 Å². The zero-order valence-corrected chi connectivity index (χ0v) is 11.6. The maximum atomic E-state index is 13.2. The molecule has 6 heteroatoms. The van der Waals surface area contributed by atoms with E-state index in [-0.39, 0.29) is 12.1 Å². The molecule has 1 atom stereocenters. The Bertz CT molecular complexity index is 494. The van der Waals surface area contributed by atoms with Gasteiger partial charge in [-0.15, -0.1) is 6.58 Å². The molecule has 0 bridgehead atoms. The molecule has 1 unspecified atom stereocenters. The van der Waals surface area contributed by atoms with E-state index in [0.29, 0.717) is 32.0 Å². The first-order valence-electron chi connectivity index (χ1n) is 6.64. The van der Waals surface area contributed by atoms with Gasteiger partial charge in [-0.3, -0.25) is 0 Å². The molecule has 5 nitrogen and oxygen atoms in total. The van der Waals surface area contributed by atoms with Crippen LogP contribution in [0.4, 0.5) is 15.0 Å². The fraction of sp³-hybridized carbons (Fsp3) is 0.429. The van der Waals surface area contributed by atoms with Crippen molar-refractivity contribution in [2.45, 2.75) is 13.0 Å². The number of amides is 2. The molecule has 0 aromatic carbocycles. The zero-order valence-electron chi connectivity index (χ0n) is 11.6. The van der Waals surface area contributed by atoms with Crippen LogP contribution in [0.15, 0.2) is 30.9 Å². The molecular formula is C14H19FN4O. The Morgan fingerprint density at radius 1 is 1.60 bits per heavy atom. The summed E-state index contributed by atoms with van der Waals surface area (Å²) in [4.78, 5) is 19.5. The Morgan fingerprint density at radius 2 is 2.40 bits per heavy atom. The molecule has 1 fully saturated rings. The van der Waals surface area contributed by atoms with Crippen LogP contribution in [-0.4, -0.2) is 48.1 Å². The van der Waals surface area contributed by atoms with Gasteiger partial charge in [0.1, 0.15) is 5.82 Å². The number of nitrogens with zero attached hydrogens (tertiary/aromatic N) is 3. The third-order valence-corrected chi connectivity index (χ3v) is 3.31. The lowest BCUT2D eigenvalue weighted by atomic mass is 10.2. The molecule has 1 aromatic rings. The number of nitrogens with one attached hydrogen (secondary N) is 1. The summed E-state index contributed by atoms with van der Waals surface area (Å²) < 4.78 is 13.2. The number of anilines is 1. The molecule has 20 heavy (non-hydrogen) atoms. The summed E-state index contributed by atoms with van der Waals surface area (Å²) >= 11 is 0. The molecule has 1 N–H and O–H groups in total. The van der Waals surface area contributed by atoms with Gasteiger partial charge in [-0.2, -0.15) is 4.39 Å². The molecule has 0 aliphatic carbocycles. The standard InChI is InChI=1S/C14H19FN4O/c1-3-7-16-14(20)18-8-9-19(11(2)10-18)13-6-4-5-12(15)17-13/h3-6,11H,1,7-10H2,2H3,(H,16,20). The van der Waals surface area contributed by atoms with Crippen LogP contribution in [0.3, 0.4) is 0 Å². The second-order valence-corrected chi connectivity index (χ2v) is 4.78. The van der Waals surface area contributed by atoms with Crippen molar-refractivity contribution in [3.8, 4) is 0 Å². The third-order valence-electron chi connectivity index (χ3n) is 3.31. The van der Waals surface area contributed by atoms with Gasteiger partial charge < -0.3 is 15.1 Å². The molecule has 1 aliphatic heterocycles. The Morgan fingerprint density at radius 3 is 3.05 bits per heavy atom. The van der Waals surface area contributed by atoms with Gasteiger partial charge in [0.05, 0.1) is 0 Å². The molecular weight excluding hydrogens is 259 g/mol. The lowest BCUT2D eigenvalue weighted by Gasteiger charge is -2.40. The molecule has 1 saturated heterocycles. The highest BCUT2D eigenvalue weighted by atomic mass is 19.1. The maximum Gasteiger partial charge on any atom is 0.317 e. The number of hydrogen-bond donors (Lipinski definition) is 1. The van der Waals surface area contributed by atoms with Gasteiger partial charge in [-0.1, -0.05) is 12.1 Å². The van der Waals surface area contributed by atoms with Gasteiger partial charge in [0.2, 0.25) is 5.95 Å². The van der Waals surface area contributed by atoms with Crippen LogP contribution in [-0.2, 0) is 0 Å². The summed E-state index contributed by atoms with van der Waals surface area (Å²) in [5.74, 6) is 0.129. The highest BCUT2D eigenvalue weighted by Crippen LogP contribution is 2.18. The number of piperazine rings is 1. The van der Waals surface area contributed by atoms with Crippen LogP contribution >= 0.6 is 0 Å². The summed E-state index contributed by atoms with van der Waals surface area (Å²) in [7, 11) is 0. The van der Waals surface area contributed by atoms with Crippen LogP contribution < -0.4 is 10.2 Å². The predicted molar refractivity (Wildman–Crippen MR) is 76.2 cm³/mol. The topological polar surface area (TPSA) is 48.5 Å². The molecule has 2 rings (SSSR count). The SMILES string of the molecule is C=CCNC(=O)N1CCN(c2cccc(F)n2)C(C)C1. The number of rotatable bonds is 3. The van der Waals surface area contributed by atoms with Crippen molar-refractivity contribution in [1.29, 1.82) is 0 Å². The normalized spacial score (nSPS) is 18.8. The van der Waals surface area contributed by atoms with E-state index in [4.69, 9.17) is 0 Å². The zero-order chi connectivity index (χ0) is 14.5. The van der Waals surface area contributed by atoms with Gasteiger partial charge in [-0.05, 0) is 19.1 Å². The fourth-order valence-corrected chi connectivity index (χ4v) is 2.31. The molecule has 0 spiro atoms. The molecule has 108 valence electrons. The number of carbonyl (C=O) groups is 1. The highest BCUT2D eigenvalue weighted by Gasteiger charge is 2.27. The Labute approximate surface area is 118 Å². The second kappa shape index (κ2) is 6.36. The second-order valence-electron chi connectivity index (χ2n) is 4.78. The van der Waals surface area contributed by atoms with E-state index in [0.717, 1.165) is 0 Å². The highest BCUT2D eigenvalue weighted by molar-refractivity contribution is 5.74. The van der Waals surface area contributed by atoms with E-state index < -0.39 is 5.95 Å². The van der Waals surface area contributed by atoms with Crippen LogP contribution in [0.25, 0.3) is 0 Å². The summed E-state index contributed by atoms with van der Waals surface area (Å²) in [5, 5.41) is 2.76. The first-order chi connectivity index (χ1) is 9.61. The van der Waals surface area contributed by atoms with Crippen molar-refractivity contribution in [3.63, 3.8) is 0 Å². The van der Waals surface area contributed by atoms with Crippen molar-refractivity contribution in [1.82, 2.24) is 15.2 Å². The van der Waals surface area contributed by atoms with E-state index in [2.05, 4.69) is 16.9 Å². The van der Waals surface area contributed by atoms with Crippen molar-refractivity contribution < 1.29 is 9.18 Å².